The van der Waals surface area contributed by atoms with E-state index >= 15 is 0 Å². The summed E-state index contributed by atoms with van der Waals surface area (Å²) < 4.78 is 0. The van der Waals surface area contributed by atoms with Crippen molar-refractivity contribution in [1.29, 1.82) is 0 Å². The number of rotatable bonds is 3. The zero-order chi connectivity index (χ0) is 18.6. The molecular formula is C20H14N5O2+. The number of hydrogen-bond acceptors (Lipinski definition) is 3. The maximum Gasteiger partial charge on any atom is 0.360 e. The van der Waals surface area contributed by atoms with Crippen molar-refractivity contribution in [3.8, 4) is 0 Å². The summed E-state index contributed by atoms with van der Waals surface area (Å²) in [6, 6.07) is 17.6. The Labute approximate surface area is 154 Å². The molecule has 0 aliphatic carbocycles. The molecule has 7 heteroatoms. The first-order valence-electron chi connectivity index (χ1n) is 8.23. The standard InChI is InChI=1S/C20H13N5O2/c26-19(13-5-2-1-3-6-13)24-25-23-15-8-9-16-17(11-14-7-4-10-21-14)20(27)22-18(16)12-15/h1-12H,(H,22,23,24,26,27)/p+1. The lowest BCUT2D eigenvalue weighted by molar-refractivity contribution is -0.110. The largest absolute Gasteiger partial charge is 0.362 e. The van der Waals surface area contributed by atoms with Crippen LogP contribution < -0.4 is 10.2 Å². The molecule has 0 saturated heterocycles. The van der Waals surface area contributed by atoms with Gasteiger partial charge in [0, 0.05) is 23.0 Å². The molecule has 0 radical (unpaired) electrons. The Morgan fingerprint density at radius 2 is 1.89 bits per heavy atom. The summed E-state index contributed by atoms with van der Waals surface area (Å²) in [5, 5.41) is 10.3. The van der Waals surface area contributed by atoms with Crippen LogP contribution >= 0.6 is 0 Å². The minimum atomic E-state index is -0.468. The number of carbonyl (C=O) groups is 2. The van der Waals surface area contributed by atoms with E-state index in [2.05, 4.69) is 25.4 Å². The fourth-order valence-corrected chi connectivity index (χ4v) is 2.73. The highest BCUT2D eigenvalue weighted by Crippen LogP contribution is 2.35. The van der Waals surface area contributed by atoms with E-state index in [-0.39, 0.29) is 5.91 Å². The summed E-state index contributed by atoms with van der Waals surface area (Å²) in [6.45, 7) is 0. The third-order valence-corrected chi connectivity index (χ3v) is 4.02. The van der Waals surface area contributed by atoms with Crippen LogP contribution in [-0.4, -0.2) is 16.8 Å². The number of carbonyl (C=O) groups excluding carboxylic acids is 2. The van der Waals surface area contributed by atoms with Crippen molar-refractivity contribution in [1.82, 2.24) is 9.90 Å². The average molecular weight is 356 g/mol. The lowest BCUT2D eigenvalue weighted by Gasteiger charge is -1.97. The van der Waals surface area contributed by atoms with Crippen LogP contribution in [-0.2, 0) is 4.79 Å². The Hall–Kier alpha value is -4.09. The van der Waals surface area contributed by atoms with E-state index in [0.29, 0.717) is 22.5 Å². The predicted octanol–water partition coefficient (Wildman–Crippen LogP) is 3.95. The van der Waals surface area contributed by atoms with Crippen LogP contribution in [0.15, 0.2) is 77.1 Å². The van der Waals surface area contributed by atoms with E-state index in [1.54, 1.807) is 54.7 Å². The van der Waals surface area contributed by atoms with Gasteiger partial charge in [-0.25, -0.2) is 0 Å². The fourth-order valence-electron chi connectivity index (χ4n) is 2.73. The van der Waals surface area contributed by atoms with Gasteiger partial charge in [0.15, 0.2) is 10.8 Å². The van der Waals surface area contributed by atoms with Gasteiger partial charge in [-0.2, -0.15) is 0 Å². The number of fused-ring (bicyclic) bond motifs is 1. The van der Waals surface area contributed by atoms with Crippen LogP contribution in [0, 0.1) is 0 Å². The Morgan fingerprint density at radius 3 is 2.67 bits per heavy atom. The molecule has 0 bridgehead atoms. The lowest BCUT2D eigenvalue weighted by atomic mass is 10.1. The molecule has 0 fully saturated rings. The van der Waals surface area contributed by atoms with Crippen molar-refractivity contribution in [3.63, 3.8) is 0 Å². The summed E-state index contributed by atoms with van der Waals surface area (Å²) in [5.74, 6) is -0.650. The number of H-pyrrole nitrogens is 1. The molecule has 1 aliphatic heterocycles. The molecule has 3 aromatic rings. The van der Waals surface area contributed by atoms with Gasteiger partial charge in [-0.3, -0.25) is 9.59 Å². The molecular weight excluding hydrogens is 342 g/mol. The van der Waals surface area contributed by atoms with Crippen LogP contribution in [0.5, 0.6) is 0 Å². The van der Waals surface area contributed by atoms with E-state index in [0.717, 1.165) is 11.3 Å². The van der Waals surface area contributed by atoms with Crippen LogP contribution in [0.25, 0.3) is 11.6 Å². The number of anilines is 1. The van der Waals surface area contributed by atoms with Gasteiger partial charge in [0.2, 0.25) is 10.0 Å². The number of nitrogens with one attached hydrogen (secondary N) is 2. The van der Waals surface area contributed by atoms with Crippen molar-refractivity contribution in [3.05, 3.63) is 83.7 Å². The molecule has 2 amide bonds. The molecule has 0 saturated carbocycles. The molecule has 7 nitrogen and oxygen atoms in total. The van der Waals surface area contributed by atoms with Crippen molar-refractivity contribution in [2.75, 3.05) is 5.32 Å². The molecule has 0 unspecified atom stereocenters. The van der Waals surface area contributed by atoms with Gasteiger partial charge in [0.05, 0.1) is 11.3 Å². The second-order valence-corrected chi connectivity index (χ2v) is 5.83. The first-order chi connectivity index (χ1) is 13.2. The third-order valence-electron chi connectivity index (χ3n) is 4.02. The zero-order valence-corrected chi connectivity index (χ0v) is 14.1. The van der Waals surface area contributed by atoms with Crippen LogP contribution in [0.4, 0.5) is 11.4 Å². The molecule has 4 rings (SSSR count). The molecule has 0 atom stereocenters. The van der Waals surface area contributed by atoms with E-state index in [4.69, 9.17) is 0 Å². The number of amides is 2. The summed E-state index contributed by atoms with van der Waals surface area (Å²) in [4.78, 5) is 30.7. The van der Waals surface area contributed by atoms with Gasteiger partial charge >= 0.3 is 5.91 Å². The van der Waals surface area contributed by atoms with Crippen LogP contribution in [0.1, 0.15) is 21.6 Å². The molecule has 130 valence electrons. The summed E-state index contributed by atoms with van der Waals surface area (Å²) in [5.41, 5.74) is 3.76. The SMILES string of the molecule is O=C1Nc2cc(N=[N+]=NC(=O)c3ccccc3)ccc2C1=Cc1ccc[nH]1. The van der Waals surface area contributed by atoms with Gasteiger partial charge in [-0.1, -0.05) is 18.2 Å². The van der Waals surface area contributed by atoms with E-state index < -0.39 is 5.91 Å². The molecule has 1 aliphatic rings. The minimum absolute atomic E-state index is 0.183. The third kappa shape index (κ3) is 3.49. The molecule has 27 heavy (non-hydrogen) atoms. The Balaban J connectivity index is 1.57. The quantitative estimate of drug-likeness (QED) is 0.422. The number of aromatic amines is 1. The number of hydrogen-bond donors (Lipinski definition) is 2. The van der Waals surface area contributed by atoms with Gasteiger partial charge in [-0.05, 0) is 48.5 Å². The predicted molar refractivity (Wildman–Crippen MR) is 101 cm³/mol. The molecule has 2 heterocycles. The van der Waals surface area contributed by atoms with Crippen molar-refractivity contribution < 1.29 is 9.59 Å². The normalized spacial score (nSPS) is 13.6. The highest BCUT2D eigenvalue weighted by molar-refractivity contribution is 6.34. The number of nitrogens with zero attached hydrogens (tertiary/aromatic N) is 3. The van der Waals surface area contributed by atoms with Gasteiger partial charge < -0.3 is 10.3 Å². The lowest BCUT2D eigenvalue weighted by Crippen LogP contribution is -2.03. The average Bonchev–Trinajstić information content (AvgIpc) is 3.30. The Bertz CT molecular complexity index is 1110. The first kappa shape index (κ1) is 16.4. The molecule has 1 aromatic heterocycles. The van der Waals surface area contributed by atoms with Gasteiger partial charge in [0.25, 0.3) is 5.91 Å². The molecule has 2 N–H and O–H groups in total. The highest BCUT2D eigenvalue weighted by Gasteiger charge is 2.24. The van der Waals surface area contributed by atoms with Gasteiger partial charge in [-0.15, -0.1) is 0 Å². The highest BCUT2D eigenvalue weighted by atomic mass is 16.2. The summed E-state index contributed by atoms with van der Waals surface area (Å²) in [6.07, 6.45) is 3.58. The first-order valence-corrected chi connectivity index (χ1v) is 8.23. The molecule has 2 aromatic carbocycles. The van der Waals surface area contributed by atoms with E-state index in [1.807, 2.05) is 18.2 Å². The van der Waals surface area contributed by atoms with Crippen molar-refractivity contribution in [2.24, 2.45) is 10.2 Å². The Kier molecular flexibility index (Phi) is 4.27. The minimum Gasteiger partial charge on any atom is -0.362 e. The maximum atomic E-state index is 12.2. The van der Waals surface area contributed by atoms with Crippen LogP contribution in [0.3, 0.4) is 0 Å². The topological polar surface area (TPSA) is 101 Å². The summed E-state index contributed by atoms with van der Waals surface area (Å²) in [7, 11) is 0. The van der Waals surface area contributed by atoms with Crippen molar-refractivity contribution in [2.45, 2.75) is 0 Å². The van der Waals surface area contributed by atoms with Crippen molar-refractivity contribution >= 4 is 34.8 Å². The van der Waals surface area contributed by atoms with Crippen LogP contribution in [0.2, 0.25) is 0 Å². The van der Waals surface area contributed by atoms with Gasteiger partial charge in [0.1, 0.15) is 0 Å². The second kappa shape index (κ2) is 7.03. The smallest absolute Gasteiger partial charge is 0.360 e. The Morgan fingerprint density at radius 1 is 1.04 bits per heavy atom. The maximum absolute atomic E-state index is 12.2. The number of benzene rings is 2. The monoisotopic (exact) mass is 356 g/mol. The zero-order valence-electron chi connectivity index (χ0n) is 14.1. The molecule has 0 spiro atoms. The fraction of sp³-hybridized carbons (Fsp3) is 0. The van der Waals surface area contributed by atoms with E-state index in [1.165, 1.54) is 0 Å². The van der Waals surface area contributed by atoms with E-state index in [9.17, 15) is 9.59 Å². The second-order valence-electron chi connectivity index (χ2n) is 5.83. The summed E-state index contributed by atoms with van der Waals surface area (Å²) >= 11 is 0. The number of aromatic nitrogens is 1.